The first-order valence-electron chi connectivity index (χ1n) is 5.94. The van der Waals surface area contributed by atoms with Crippen LogP contribution in [0.25, 0.3) is 0 Å². The Balaban J connectivity index is 1.84. The molecule has 1 aromatic heterocycles. The maximum atomic E-state index is 11.8. The lowest BCUT2D eigenvalue weighted by atomic mass is 10.3. The minimum Gasteiger partial charge on any atom is -0.481 e. The van der Waals surface area contributed by atoms with E-state index in [9.17, 15) is 4.79 Å². The molecule has 0 unspecified atom stereocenters. The van der Waals surface area contributed by atoms with Crippen LogP contribution in [0.15, 0.2) is 46.9 Å². The van der Waals surface area contributed by atoms with E-state index in [-0.39, 0.29) is 5.91 Å². The number of benzene rings is 1. The maximum Gasteiger partial charge on any atom is 0.280 e. The molecule has 0 spiro atoms. The molecule has 1 heterocycles. The van der Waals surface area contributed by atoms with Gasteiger partial charge in [0, 0.05) is 9.90 Å². The van der Waals surface area contributed by atoms with Gasteiger partial charge >= 0.3 is 0 Å². The zero-order valence-corrected chi connectivity index (χ0v) is 12.3. The van der Waals surface area contributed by atoms with E-state index in [0.717, 1.165) is 4.88 Å². The molecule has 1 atom stereocenters. The molecule has 0 aliphatic heterocycles. The summed E-state index contributed by atoms with van der Waals surface area (Å²) in [6, 6.07) is 10.7. The van der Waals surface area contributed by atoms with Gasteiger partial charge in [0.1, 0.15) is 5.75 Å². The molecule has 0 aliphatic rings. The molecular formula is C14H13ClN2O2S. The number of hydrogen-bond acceptors (Lipinski definition) is 4. The summed E-state index contributed by atoms with van der Waals surface area (Å²) in [6.07, 6.45) is 0.953. The molecule has 104 valence electrons. The number of nitrogens with one attached hydrogen (secondary N) is 1. The molecule has 1 aromatic carbocycles. The highest BCUT2D eigenvalue weighted by molar-refractivity contribution is 7.11. The average Bonchev–Trinajstić information content (AvgIpc) is 2.94. The van der Waals surface area contributed by atoms with Crippen molar-refractivity contribution in [1.82, 2.24) is 5.43 Å². The predicted molar refractivity (Wildman–Crippen MR) is 81.6 cm³/mol. The van der Waals surface area contributed by atoms with Crippen molar-refractivity contribution in [2.75, 3.05) is 0 Å². The number of rotatable bonds is 5. The molecule has 1 N–H and O–H groups in total. The predicted octanol–water partition coefficient (Wildman–Crippen LogP) is 3.32. The number of thiophene rings is 1. The van der Waals surface area contributed by atoms with Crippen molar-refractivity contribution in [3.8, 4) is 5.75 Å². The molecule has 6 heteroatoms. The monoisotopic (exact) mass is 308 g/mol. The molecule has 0 saturated carbocycles. The Kier molecular flexibility index (Phi) is 5.15. The Morgan fingerprint density at radius 2 is 2.15 bits per heavy atom. The summed E-state index contributed by atoms with van der Waals surface area (Å²) in [5.74, 6) is 0.270. The number of carbonyl (C=O) groups excluding carboxylic acids is 1. The highest BCUT2D eigenvalue weighted by Gasteiger charge is 2.13. The zero-order chi connectivity index (χ0) is 14.4. The third-order valence-electron chi connectivity index (χ3n) is 2.41. The van der Waals surface area contributed by atoms with Crippen molar-refractivity contribution in [2.24, 2.45) is 5.10 Å². The number of hydrazone groups is 1. The molecule has 1 amide bonds. The molecule has 0 radical (unpaired) electrons. The van der Waals surface area contributed by atoms with Gasteiger partial charge in [0.2, 0.25) is 0 Å². The lowest BCUT2D eigenvalue weighted by Crippen LogP contribution is -2.33. The van der Waals surface area contributed by atoms with Crippen molar-refractivity contribution < 1.29 is 9.53 Å². The van der Waals surface area contributed by atoms with Gasteiger partial charge in [-0.05, 0) is 42.6 Å². The lowest BCUT2D eigenvalue weighted by molar-refractivity contribution is -0.127. The largest absolute Gasteiger partial charge is 0.481 e. The fourth-order valence-corrected chi connectivity index (χ4v) is 2.10. The Hall–Kier alpha value is -1.85. The molecule has 0 aliphatic carbocycles. The quantitative estimate of drug-likeness (QED) is 0.680. The summed E-state index contributed by atoms with van der Waals surface area (Å²) in [7, 11) is 0. The molecule has 4 nitrogen and oxygen atoms in total. The smallest absolute Gasteiger partial charge is 0.280 e. The van der Waals surface area contributed by atoms with Gasteiger partial charge in [-0.25, -0.2) is 5.43 Å². The number of nitrogens with zero attached hydrogens (tertiary/aromatic N) is 1. The van der Waals surface area contributed by atoms with E-state index in [2.05, 4.69) is 10.5 Å². The van der Waals surface area contributed by atoms with Crippen LogP contribution in [-0.4, -0.2) is 18.2 Å². The fraction of sp³-hybridized carbons (Fsp3) is 0.143. The minimum absolute atomic E-state index is 0.312. The summed E-state index contributed by atoms with van der Waals surface area (Å²) < 4.78 is 5.48. The van der Waals surface area contributed by atoms with Gasteiger partial charge in [0.25, 0.3) is 5.91 Å². The third-order valence-corrected chi connectivity index (χ3v) is 3.46. The molecular weight excluding hydrogens is 296 g/mol. The van der Waals surface area contributed by atoms with Crippen LogP contribution in [0.3, 0.4) is 0 Å². The van der Waals surface area contributed by atoms with Crippen LogP contribution in [0.5, 0.6) is 5.75 Å². The number of carbonyl (C=O) groups is 1. The number of ether oxygens (including phenoxy) is 1. The molecule has 0 saturated heterocycles. The summed E-state index contributed by atoms with van der Waals surface area (Å²) in [5, 5.41) is 6.44. The lowest BCUT2D eigenvalue weighted by Gasteiger charge is -2.12. The SMILES string of the molecule is C[C@@H](Oc1ccc(Cl)cc1)C(=O)N/N=C\c1cccs1. The van der Waals surface area contributed by atoms with Crippen molar-refractivity contribution in [3.63, 3.8) is 0 Å². The highest BCUT2D eigenvalue weighted by atomic mass is 35.5. The second-order valence-electron chi connectivity index (χ2n) is 3.96. The fourth-order valence-electron chi connectivity index (χ4n) is 1.39. The van der Waals surface area contributed by atoms with Gasteiger partial charge in [0.05, 0.1) is 6.21 Å². The van der Waals surface area contributed by atoms with Gasteiger partial charge in [-0.2, -0.15) is 5.10 Å². The van der Waals surface area contributed by atoms with E-state index in [0.29, 0.717) is 10.8 Å². The van der Waals surface area contributed by atoms with Crippen LogP contribution in [0.1, 0.15) is 11.8 Å². The summed E-state index contributed by atoms with van der Waals surface area (Å²) >= 11 is 7.32. The van der Waals surface area contributed by atoms with E-state index >= 15 is 0 Å². The second-order valence-corrected chi connectivity index (χ2v) is 5.38. The first kappa shape index (κ1) is 14.6. The van der Waals surface area contributed by atoms with Gasteiger partial charge in [-0.15, -0.1) is 11.3 Å². The molecule has 0 fully saturated rings. The van der Waals surface area contributed by atoms with E-state index < -0.39 is 6.10 Å². The van der Waals surface area contributed by atoms with E-state index in [4.69, 9.17) is 16.3 Å². The van der Waals surface area contributed by atoms with Crippen molar-refractivity contribution in [3.05, 3.63) is 51.7 Å². The highest BCUT2D eigenvalue weighted by Crippen LogP contribution is 2.16. The van der Waals surface area contributed by atoms with Crippen molar-refractivity contribution in [2.45, 2.75) is 13.0 Å². The third kappa shape index (κ3) is 4.36. The summed E-state index contributed by atoms with van der Waals surface area (Å²) in [4.78, 5) is 12.7. The number of amides is 1. The Labute approximate surface area is 126 Å². The van der Waals surface area contributed by atoms with Gasteiger partial charge in [0.15, 0.2) is 6.10 Å². The van der Waals surface area contributed by atoms with Crippen LogP contribution in [0, 0.1) is 0 Å². The van der Waals surface area contributed by atoms with Crippen LogP contribution in [0.4, 0.5) is 0 Å². The van der Waals surface area contributed by atoms with Crippen LogP contribution < -0.4 is 10.2 Å². The molecule has 2 rings (SSSR count). The minimum atomic E-state index is -0.642. The topological polar surface area (TPSA) is 50.7 Å². The zero-order valence-electron chi connectivity index (χ0n) is 10.7. The first-order chi connectivity index (χ1) is 9.65. The Morgan fingerprint density at radius 3 is 2.80 bits per heavy atom. The Bertz CT molecular complexity index is 582. The van der Waals surface area contributed by atoms with E-state index in [1.54, 1.807) is 48.7 Å². The van der Waals surface area contributed by atoms with Gasteiger partial charge < -0.3 is 4.74 Å². The van der Waals surface area contributed by atoms with Gasteiger partial charge in [-0.1, -0.05) is 17.7 Å². The molecule has 2 aromatic rings. The Morgan fingerprint density at radius 1 is 1.40 bits per heavy atom. The standard InChI is InChI=1S/C14H13ClN2O2S/c1-10(19-12-6-4-11(15)5-7-12)14(18)17-16-9-13-3-2-8-20-13/h2-10H,1H3,(H,17,18)/b16-9-/t10-/m1/s1. The normalized spacial score (nSPS) is 12.3. The van der Waals surface area contributed by atoms with Crippen LogP contribution in [0.2, 0.25) is 5.02 Å². The van der Waals surface area contributed by atoms with E-state index in [1.807, 2.05) is 17.5 Å². The number of hydrogen-bond donors (Lipinski definition) is 1. The summed E-state index contributed by atoms with van der Waals surface area (Å²) in [5.41, 5.74) is 2.44. The molecule has 20 heavy (non-hydrogen) atoms. The second kappa shape index (κ2) is 7.07. The van der Waals surface area contributed by atoms with E-state index in [1.165, 1.54) is 0 Å². The molecule has 0 bridgehead atoms. The number of halogens is 1. The first-order valence-corrected chi connectivity index (χ1v) is 7.19. The maximum absolute atomic E-state index is 11.8. The van der Waals surface area contributed by atoms with Crippen molar-refractivity contribution >= 4 is 35.1 Å². The van der Waals surface area contributed by atoms with Crippen LogP contribution in [-0.2, 0) is 4.79 Å². The average molecular weight is 309 g/mol. The van der Waals surface area contributed by atoms with Crippen molar-refractivity contribution in [1.29, 1.82) is 0 Å². The van der Waals surface area contributed by atoms with Gasteiger partial charge in [-0.3, -0.25) is 4.79 Å². The summed E-state index contributed by atoms with van der Waals surface area (Å²) in [6.45, 7) is 1.66. The van der Waals surface area contributed by atoms with Crippen LogP contribution >= 0.6 is 22.9 Å².